The molecule has 34 heavy (non-hydrogen) atoms. The zero-order valence-corrected chi connectivity index (χ0v) is 19.6. The highest BCUT2D eigenvalue weighted by Crippen LogP contribution is 2.43. The Labute approximate surface area is 197 Å². The number of pyridine rings is 1. The van der Waals surface area contributed by atoms with Crippen LogP contribution >= 0.6 is 0 Å². The van der Waals surface area contributed by atoms with Crippen LogP contribution in [0.4, 0.5) is 18.9 Å². The smallest absolute Gasteiger partial charge is 0.367 e. The van der Waals surface area contributed by atoms with Gasteiger partial charge < -0.3 is 14.8 Å². The molecule has 5 rings (SSSR count). The van der Waals surface area contributed by atoms with Crippen LogP contribution in [0.1, 0.15) is 55.4 Å². The second kappa shape index (κ2) is 9.19. The number of hydrogen-bond acceptors (Lipinski definition) is 5. The molecule has 0 amide bonds. The number of para-hydroxylation sites is 1. The third-order valence-electron chi connectivity index (χ3n) is 7.39. The van der Waals surface area contributed by atoms with Crippen molar-refractivity contribution in [1.82, 2.24) is 24.8 Å². The predicted molar refractivity (Wildman–Crippen MR) is 127 cm³/mol. The van der Waals surface area contributed by atoms with Crippen molar-refractivity contribution in [2.24, 2.45) is 0 Å². The van der Waals surface area contributed by atoms with Crippen LogP contribution in [0.5, 0.6) is 0 Å². The number of aromatic nitrogens is 3. The first kappa shape index (κ1) is 23.1. The number of likely N-dealkylation sites (tertiary alicyclic amines) is 1. The Morgan fingerprint density at radius 2 is 1.79 bits per heavy atom. The number of hydrogen-bond donors (Lipinski definition) is 1. The van der Waals surface area contributed by atoms with Crippen LogP contribution in [-0.2, 0) is 6.18 Å². The number of H-pyrrole nitrogens is 1. The molecule has 2 atom stereocenters. The van der Waals surface area contributed by atoms with E-state index in [1.165, 1.54) is 12.3 Å². The highest BCUT2D eigenvalue weighted by Gasteiger charge is 2.40. The molecule has 2 aliphatic heterocycles. The average molecular weight is 473 g/mol. The van der Waals surface area contributed by atoms with E-state index in [0.717, 1.165) is 74.2 Å². The van der Waals surface area contributed by atoms with E-state index in [4.69, 9.17) is 4.98 Å². The number of nitrogens with one attached hydrogen (secondary N) is 1. The Morgan fingerprint density at radius 3 is 2.53 bits per heavy atom. The number of imidazole rings is 1. The summed E-state index contributed by atoms with van der Waals surface area (Å²) in [7, 11) is 1.89. The molecule has 0 radical (unpaired) electrons. The van der Waals surface area contributed by atoms with Gasteiger partial charge in [0.25, 0.3) is 0 Å². The largest absolute Gasteiger partial charge is 0.418 e. The SMILES string of the molecule is CCN1CCN(c2cccc3nc([C@H]4CCC[C@@H](c5ncccc5C(F)(F)F)N4C)[nH]c23)CC1. The first-order valence-corrected chi connectivity index (χ1v) is 12.1. The number of likely N-dealkylation sites (N-methyl/N-ethyl adjacent to an activating group) is 1. The Bertz CT molecular complexity index is 1140. The third-order valence-corrected chi connectivity index (χ3v) is 7.39. The van der Waals surface area contributed by atoms with Gasteiger partial charge in [0, 0.05) is 32.4 Å². The van der Waals surface area contributed by atoms with E-state index in [1.807, 2.05) is 24.1 Å². The van der Waals surface area contributed by atoms with Crippen LogP contribution in [0.3, 0.4) is 0 Å². The summed E-state index contributed by atoms with van der Waals surface area (Å²) in [5, 5.41) is 0. The topological polar surface area (TPSA) is 51.3 Å². The molecule has 0 bridgehead atoms. The van der Waals surface area contributed by atoms with Crippen molar-refractivity contribution < 1.29 is 13.2 Å². The summed E-state index contributed by atoms with van der Waals surface area (Å²) in [6, 6.07) is 8.14. The van der Waals surface area contributed by atoms with Gasteiger partial charge in [-0.25, -0.2) is 4.98 Å². The number of halogens is 3. The van der Waals surface area contributed by atoms with Gasteiger partial charge in [-0.1, -0.05) is 13.0 Å². The summed E-state index contributed by atoms with van der Waals surface area (Å²) in [5.74, 6) is 0.811. The summed E-state index contributed by atoms with van der Waals surface area (Å²) >= 11 is 0. The van der Waals surface area contributed by atoms with Gasteiger partial charge in [-0.3, -0.25) is 9.88 Å². The van der Waals surface area contributed by atoms with Crippen molar-refractivity contribution in [2.45, 2.75) is 44.4 Å². The molecule has 0 spiro atoms. The number of fused-ring (bicyclic) bond motifs is 1. The fraction of sp³-hybridized carbons (Fsp3) is 0.520. The lowest BCUT2D eigenvalue weighted by Crippen LogP contribution is -2.46. The van der Waals surface area contributed by atoms with E-state index in [0.29, 0.717) is 6.42 Å². The summed E-state index contributed by atoms with van der Waals surface area (Å²) < 4.78 is 41.0. The quantitative estimate of drug-likeness (QED) is 0.578. The fourth-order valence-electron chi connectivity index (χ4n) is 5.47. The fourth-order valence-corrected chi connectivity index (χ4v) is 5.47. The number of anilines is 1. The molecular formula is C25H31F3N6. The maximum absolute atomic E-state index is 13.7. The lowest BCUT2D eigenvalue weighted by atomic mass is 9.91. The number of aromatic amines is 1. The van der Waals surface area contributed by atoms with Gasteiger partial charge >= 0.3 is 6.18 Å². The van der Waals surface area contributed by atoms with Crippen molar-refractivity contribution in [3.05, 3.63) is 53.6 Å². The van der Waals surface area contributed by atoms with E-state index >= 15 is 0 Å². The minimum atomic E-state index is -4.42. The Hall–Kier alpha value is -2.65. The number of piperazine rings is 1. The standard InChI is InChI=1S/C25H31F3N6/c1-3-33-13-15-34(16-14-33)20-10-4-8-18-23(20)31-24(30-18)21-11-5-9-19(32(21)2)22-17(25(26,27)28)7-6-12-29-22/h4,6-8,10,12,19,21H,3,5,9,11,13-16H2,1-2H3,(H,30,31)/t19-,21+/m0/s1. The molecule has 4 heterocycles. The van der Waals surface area contributed by atoms with Crippen LogP contribution in [-0.4, -0.2) is 64.5 Å². The van der Waals surface area contributed by atoms with Crippen LogP contribution in [0.15, 0.2) is 36.5 Å². The maximum atomic E-state index is 13.7. The lowest BCUT2D eigenvalue weighted by Gasteiger charge is -2.39. The van der Waals surface area contributed by atoms with Gasteiger partial charge in [-0.05, 0) is 57.1 Å². The van der Waals surface area contributed by atoms with Crippen molar-refractivity contribution in [1.29, 1.82) is 0 Å². The van der Waals surface area contributed by atoms with Crippen molar-refractivity contribution in [2.75, 3.05) is 44.7 Å². The summed E-state index contributed by atoms with van der Waals surface area (Å²) in [6.07, 6.45) is -0.677. The van der Waals surface area contributed by atoms with E-state index < -0.39 is 17.8 Å². The minimum absolute atomic E-state index is 0.0981. The number of benzene rings is 1. The van der Waals surface area contributed by atoms with E-state index in [2.05, 4.69) is 32.8 Å². The van der Waals surface area contributed by atoms with E-state index in [9.17, 15) is 13.2 Å². The number of rotatable bonds is 4. The Balaban J connectivity index is 1.44. The zero-order chi connectivity index (χ0) is 23.9. The van der Waals surface area contributed by atoms with Crippen molar-refractivity contribution >= 4 is 16.7 Å². The Morgan fingerprint density at radius 1 is 1.03 bits per heavy atom. The molecule has 0 aliphatic carbocycles. The highest BCUT2D eigenvalue weighted by atomic mass is 19.4. The van der Waals surface area contributed by atoms with E-state index in [-0.39, 0.29) is 11.7 Å². The molecule has 1 N–H and O–H groups in total. The van der Waals surface area contributed by atoms with Crippen LogP contribution in [0.2, 0.25) is 0 Å². The molecule has 9 heteroatoms. The molecule has 2 aliphatic rings. The van der Waals surface area contributed by atoms with Crippen LogP contribution in [0, 0.1) is 0 Å². The molecule has 2 aromatic heterocycles. The average Bonchev–Trinajstić information content (AvgIpc) is 3.28. The minimum Gasteiger partial charge on any atom is -0.367 e. The molecule has 0 saturated carbocycles. The van der Waals surface area contributed by atoms with Crippen molar-refractivity contribution in [3.8, 4) is 0 Å². The Kier molecular flexibility index (Phi) is 6.24. The van der Waals surface area contributed by atoms with Gasteiger partial charge in [0.05, 0.1) is 40.1 Å². The maximum Gasteiger partial charge on any atom is 0.418 e. The van der Waals surface area contributed by atoms with Crippen LogP contribution < -0.4 is 4.90 Å². The molecule has 182 valence electrons. The third kappa shape index (κ3) is 4.27. The first-order valence-electron chi connectivity index (χ1n) is 12.1. The van der Waals surface area contributed by atoms with E-state index in [1.54, 1.807) is 0 Å². The normalized spacial score (nSPS) is 23.0. The summed E-state index contributed by atoms with van der Waals surface area (Å²) in [4.78, 5) is 19.5. The van der Waals surface area contributed by atoms with Gasteiger partial charge in [0.2, 0.25) is 0 Å². The zero-order valence-electron chi connectivity index (χ0n) is 19.6. The van der Waals surface area contributed by atoms with Gasteiger partial charge in [0.15, 0.2) is 0 Å². The summed E-state index contributed by atoms with van der Waals surface area (Å²) in [6.45, 7) is 7.25. The molecule has 6 nitrogen and oxygen atoms in total. The molecule has 3 aromatic rings. The molecule has 1 aromatic carbocycles. The monoisotopic (exact) mass is 472 g/mol. The number of nitrogens with zero attached hydrogens (tertiary/aromatic N) is 5. The van der Waals surface area contributed by atoms with Gasteiger partial charge in [-0.2, -0.15) is 13.2 Å². The second-order valence-corrected chi connectivity index (χ2v) is 9.28. The summed E-state index contributed by atoms with van der Waals surface area (Å²) in [5.41, 5.74) is 2.51. The molecule has 2 saturated heterocycles. The lowest BCUT2D eigenvalue weighted by molar-refractivity contribution is -0.139. The first-order chi connectivity index (χ1) is 16.4. The van der Waals surface area contributed by atoms with Crippen LogP contribution in [0.25, 0.3) is 11.0 Å². The second-order valence-electron chi connectivity index (χ2n) is 9.28. The number of piperidine rings is 1. The van der Waals surface area contributed by atoms with Crippen molar-refractivity contribution in [3.63, 3.8) is 0 Å². The highest BCUT2D eigenvalue weighted by molar-refractivity contribution is 5.89. The number of alkyl halides is 3. The predicted octanol–water partition coefficient (Wildman–Crippen LogP) is 5.02. The van der Waals surface area contributed by atoms with Gasteiger partial charge in [0.1, 0.15) is 5.82 Å². The van der Waals surface area contributed by atoms with Gasteiger partial charge in [-0.15, -0.1) is 0 Å². The molecule has 0 unspecified atom stereocenters. The molecule has 2 fully saturated rings. The molecular weight excluding hydrogens is 441 g/mol.